The second-order valence-electron chi connectivity index (χ2n) is 4.44. The summed E-state index contributed by atoms with van der Waals surface area (Å²) in [6.07, 6.45) is 0.445. The van der Waals surface area contributed by atoms with Gasteiger partial charge in [-0.3, -0.25) is 4.57 Å². The first-order valence-electron chi connectivity index (χ1n) is 6.34. The Morgan fingerprint density at radius 3 is 2.86 bits per heavy atom. The summed E-state index contributed by atoms with van der Waals surface area (Å²) in [4.78, 5) is 8.14. The maximum Gasteiger partial charge on any atom is 0.263 e. The highest BCUT2D eigenvalue weighted by Gasteiger charge is 2.12. The van der Waals surface area contributed by atoms with Gasteiger partial charge in [0.2, 0.25) is 5.96 Å². The van der Waals surface area contributed by atoms with Crippen molar-refractivity contribution in [2.24, 2.45) is 5.16 Å². The number of hydrogen-bond acceptors (Lipinski definition) is 4. The number of alkyl halides is 2. The lowest BCUT2D eigenvalue weighted by atomic mass is 10.2. The topological polar surface area (TPSA) is 75.3 Å². The van der Waals surface area contributed by atoms with Crippen LogP contribution in [0.4, 0.5) is 14.5 Å². The molecule has 0 amide bonds. The predicted molar refractivity (Wildman–Crippen MR) is 77.2 cm³/mol. The van der Waals surface area contributed by atoms with E-state index in [1.54, 1.807) is 24.4 Å². The molecule has 0 fully saturated rings. The minimum Gasteiger partial charge on any atom is -0.408 e. The molecule has 2 heterocycles. The zero-order chi connectivity index (χ0) is 15.5. The number of nitrogens with zero attached hydrogens (tertiary/aromatic N) is 4. The van der Waals surface area contributed by atoms with Crippen molar-refractivity contribution >= 4 is 22.8 Å². The normalized spacial score (nSPS) is 12.0. The molecule has 6 nitrogen and oxygen atoms in total. The molecular formula is C14H11F2N5O. The third-order valence-electron chi connectivity index (χ3n) is 3.04. The standard InChI is InChI=1S/C14H11F2N5O/c15-12(16)9-3-1-4-10(7-9)19-14(20-22)21-8-18-13-11(21)5-2-6-17-13/h1-8,12,22H,(H,19,20). The molecule has 0 spiro atoms. The summed E-state index contributed by atoms with van der Waals surface area (Å²) in [5, 5.41) is 15.1. The molecule has 2 aromatic heterocycles. The number of oxime groups is 1. The zero-order valence-corrected chi connectivity index (χ0v) is 11.2. The van der Waals surface area contributed by atoms with Crippen molar-refractivity contribution in [3.05, 3.63) is 54.5 Å². The van der Waals surface area contributed by atoms with Gasteiger partial charge in [0, 0.05) is 17.4 Å². The molecule has 0 radical (unpaired) electrons. The molecule has 0 unspecified atom stereocenters. The smallest absolute Gasteiger partial charge is 0.263 e. The molecule has 1 aromatic carbocycles. The number of imidazole rings is 1. The molecule has 0 saturated carbocycles. The highest BCUT2D eigenvalue weighted by atomic mass is 19.3. The number of halogens is 2. The van der Waals surface area contributed by atoms with Crippen LogP contribution in [0.15, 0.2) is 54.1 Å². The Balaban J connectivity index is 1.94. The summed E-state index contributed by atoms with van der Waals surface area (Å²) >= 11 is 0. The molecule has 0 aliphatic heterocycles. The van der Waals surface area contributed by atoms with Crippen molar-refractivity contribution in [2.45, 2.75) is 6.43 Å². The van der Waals surface area contributed by atoms with Crippen LogP contribution < -0.4 is 5.32 Å². The highest BCUT2D eigenvalue weighted by molar-refractivity contribution is 5.99. The minimum absolute atomic E-state index is 0.0296. The largest absolute Gasteiger partial charge is 0.408 e. The maximum atomic E-state index is 12.7. The Bertz CT molecular complexity index is 831. The molecule has 0 aliphatic carbocycles. The summed E-state index contributed by atoms with van der Waals surface area (Å²) in [5.74, 6) is 0.0296. The molecular weight excluding hydrogens is 292 g/mol. The average Bonchev–Trinajstić information content (AvgIpc) is 2.97. The Kier molecular flexibility index (Phi) is 3.65. The fourth-order valence-corrected chi connectivity index (χ4v) is 2.03. The van der Waals surface area contributed by atoms with Crippen LogP contribution in [0, 0.1) is 0 Å². The van der Waals surface area contributed by atoms with E-state index in [1.807, 2.05) is 0 Å². The van der Waals surface area contributed by atoms with Crippen LogP contribution in [-0.4, -0.2) is 25.7 Å². The van der Waals surface area contributed by atoms with E-state index in [4.69, 9.17) is 0 Å². The first kappa shape index (κ1) is 13.9. The number of aromatic nitrogens is 3. The molecule has 3 rings (SSSR count). The van der Waals surface area contributed by atoms with E-state index >= 15 is 0 Å². The number of anilines is 1. The Labute approximate surface area is 123 Å². The van der Waals surface area contributed by atoms with Gasteiger partial charge in [-0.15, -0.1) is 0 Å². The van der Waals surface area contributed by atoms with Crippen molar-refractivity contribution in [3.63, 3.8) is 0 Å². The lowest BCUT2D eigenvalue weighted by Gasteiger charge is -2.10. The van der Waals surface area contributed by atoms with Crippen LogP contribution in [-0.2, 0) is 0 Å². The van der Waals surface area contributed by atoms with E-state index in [1.165, 1.54) is 29.1 Å². The third-order valence-corrected chi connectivity index (χ3v) is 3.04. The third kappa shape index (κ3) is 2.58. The van der Waals surface area contributed by atoms with Crippen LogP contribution in [0.25, 0.3) is 11.2 Å². The van der Waals surface area contributed by atoms with Gasteiger partial charge >= 0.3 is 0 Å². The van der Waals surface area contributed by atoms with Crippen molar-refractivity contribution in [1.29, 1.82) is 0 Å². The fourth-order valence-electron chi connectivity index (χ4n) is 2.03. The van der Waals surface area contributed by atoms with E-state index in [-0.39, 0.29) is 11.5 Å². The van der Waals surface area contributed by atoms with E-state index in [0.29, 0.717) is 16.9 Å². The summed E-state index contributed by atoms with van der Waals surface area (Å²) in [6, 6.07) is 9.15. The Morgan fingerprint density at radius 2 is 2.09 bits per heavy atom. The zero-order valence-electron chi connectivity index (χ0n) is 11.2. The molecule has 3 aromatic rings. The summed E-state index contributed by atoms with van der Waals surface area (Å²) in [6.45, 7) is 0. The van der Waals surface area contributed by atoms with Gasteiger partial charge in [-0.2, -0.15) is 0 Å². The Hall–Kier alpha value is -3.03. The van der Waals surface area contributed by atoms with Gasteiger partial charge in [0.05, 0.1) is 5.52 Å². The van der Waals surface area contributed by atoms with E-state index in [2.05, 4.69) is 20.4 Å². The van der Waals surface area contributed by atoms with Crippen molar-refractivity contribution < 1.29 is 14.0 Å². The SMILES string of the molecule is ON=C(Nc1cccc(C(F)F)c1)n1cnc2ncccc21. The van der Waals surface area contributed by atoms with Gasteiger partial charge in [0.25, 0.3) is 6.43 Å². The van der Waals surface area contributed by atoms with Gasteiger partial charge in [-0.25, -0.2) is 18.7 Å². The number of benzene rings is 1. The molecule has 0 bridgehead atoms. The molecule has 0 aliphatic rings. The van der Waals surface area contributed by atoms with E-state index in [9.17, 15) is 14.0 Å². The average molecular weight is 303 g/mol. The maximum absolute atomic E-state index is 12.7. The highest BCUT2D eigenvalue weighted by Crippen LogP contribution is 2.22. The summed E-state index contributed by atoms with van der Waals surface area (Å²) in [5.41, 5.74) is 1.34. The van der Waals surface area contributed by atoms with E-state index < -0.39 is 6.43 Å². The fraction of sp³-hybridized carbons (Fsp3) is 0.0714. The van der Waals surface area contributed by atoms with E-state index in [0.717, 1.165) is 0 Å². The predicted octanol–water partition coefficient (Wildman–Crippen LogP) is 3.07. The molecule has 2 N–H and O–H groups in total. The second-order valence-corrected chi connectivity index (χ2v) is 4.44. The van der Waals surface area contributed by atoms with Crippen LogP contribution in [0.1, 0.15) is 12.0 Å². The van der Waals surface area contributed by atoms with Gasteiger partial charge in [0.1, 0.15) is 6.33 Å². The molecule has 0 atom stereocenters. The molecule has 22 heavy (non-hydrogen) atoms. The number of rotatable bonds is 2. The minimum atomic E-state index is -2.57. The summed E-state index contributed by atoms with van der Waals surface area (Å²) < 4.78 is 26.9. The Morgan fingerprint density at radius 1 is 1.23 bits per heavy atom. The van der Waals surface area contributed by atoms with Gasteiger partial charge in [-0.1, -0.05) is 17.3 Å². The lowest BCUT2D eigenvalue weighted by Crippen LogP contribution is -2.21. The molecule has 0 saturated heterocycles. The van der Waals surface area contributed by atoms with Crippen LogP contribution in [0.3, 0.4) is 0 Å². The van der Waals surface area contributed by atoms with Crippen molar-refractivity contribution in [3.8, 4) is 0 Å². The first-order valence-corrected chi connectivity index (χ1v) is 6.34. The van der Waals surface area contributed by atoms with Crippen molar-refractivity contribution in [1.82, 2.24) is 14.5 Å². The van der Waals surface area contributed by atoms with Crippen LogP contribution >= 0.6 is 0 Å². The second kappa shape index (κ2) is 5.76. The summed E-state index contributed by atoms with van der Waals surface area (Å²) in [7, 11) is 0. The van der Waals surface area contributed by atoms with Gasteiger partial charge in [-0.05, 0) is 24.3 Å². The quantitative estimate of drug-likeness (QED) is 0.330. The molecule has 112 valence electrons. The van der Waals surface area contributed by atoms with Gasteiger partial charge < -0.3 is 10.5 Å². The number of fused-ring (bicyclic) bond motifs is 1. The molecule has 8 heteroatoms. The monoisotopic (exact) mass is 303 g/mol. The van der Waals surface area contributed by atoms with Crippen LogP contribution in [0.2, 0.25) is 0 Å². The van der Waals surface area contributed by atoms with Crippen molar-refractivity contribution in [2.75, 3.05) is 5.32 Å². The number of nitrogens with one attached hydrogen (secondary N) is 1. The van der Waals surface area contributed by atoms with Crippen LogP contribution in [0.5, 0.6) is 0 Å². The number of pyridine rings is 1. The van der Waals surface area contributed by atoms with Gasteiger partial charge in [0.15, 0.2) is 5.65 Å². The first-order chi connectivity index (χ1) is 10.7. The lowest BCUT2D eigenvalue weighted by molar-refractivity contribution is 0.151. The number of hydrogen-bond donors (Lipinski definition) is 2.